The van der Waals surface area contributed by atoms with Gasteiger partial charge in [0.25, 0.3) is 5.69 Å². The molecular formula is C19H19NO3. The first-order chi connectivity index (χ1) is 11.1. The summed E-state index contributed by atoms with van der Waals surface area (Å²) in [5.41, 5.74) is 3.34. The van der Waals surface area contributed by atoms with E-state index in [1.54, 1.807) is 12.1 Å². The normalized spacial score (nSPS) is 20.3. The number of nitrogens with zero attached hydrogens (tertiary/aromatic N) is 1. The van der Waals surface area contributed by atoms with E-state index in [1.807, 2.05) is 18.2 Å². The molecule has 2 aromatic rings. The number of nitro benzene ring substituents is 1. The number of non-ortho nitro benzene ring substituents is 1. The van der Waals surface area contributed by atoms with Gasteiger partial charge in [-0.3, -0.25) is 10.1 Å². The average Bonchev–Trinajstić information content (AvgIpc) is 3.03. The molecule has 2 aromatic carbocycles. The Kier molecular flexibility index (Phi) is 4.53. The van der Waals surface area contributed by atoms with Gasteiger partial charge in [0, 0.05) is 18.1 Å². The van der Waals surface area contributed by atoms with Crippen molar-refractivity contribution in [3.05, 3.63) is 82.4 Å². The summed E-state index contributed by atoms with van der Waals surface area (Å²) in [4.78, 5) is 10.4. The van der Waals surface area contributed by atoms with Crippen LogP contribution in [0.25, 0.3) is 5.57 Å². The van der Waals surface area contributed by atoms with Crippen LogP contribution in [0.15, 0.2) is 61.2 Å². The summed E-state index contributed by atoms with van der Waals surface area (Å²) in [6.07, 6.45) is 0.956. The summed E-state index contributed by atoms with van der Waals surface area (Å²) >= 11 is 0. The molecule has 0 aromatic heterocycles. The molecule has 1 aliphatic heterocycles. The van der Waals surface area contributed by atoms with E-state index >= 15 is 0 Å². The first kappa shape index (κ1) is 15.4. The molecule has 0 saturated carbocycles. The third-order valence-corrected chi connectivity index (χ3v) is 4.44. The molecule has 0 aliphatic carbocycles. The number of benzene rings is 2. The number of nitro groups is 1. The van der Waals surface area contributed by atoms with Crippen molar-refractivity contribution < 1.29 is 9.66 Å². The van der Waals surface area contributed by atoms with Crippen LogP contribution in [0.1, 0.15) is 11.1 Å². The standard InChI is InChI=1S/C19H19NO3/c1-14(16-7-9-18(10-8-16)20(21)22)19-13-23-12-17(19)11-15-5-3-2-4-6-15/h2-10,17,19H,1,11-13H2. The predicted molar refractivity (Wildman–Crippen MR) is 90.1 cm³/mol. The van der Waals surface area contributed by atoms with Crippen LogP contribution >= 0.6 is 0 Å². The summed E-state index contributed by atoms with van der Waals surface area (Å²) in [7, 11) is 0. The summed E-state index contributed by atoms with van der Waals surface area (Å²) in [6.45, 7) is 5.61. The van der Waals surface area contributed by atoms with Gasteiger partial charge in [-0.15, -0.1) is 0 Å². The van der Waals surface area contributed by atoms with Crippen LogP contribution < -0.4 is 0 Å². The lowest BCUT2D eigenvalue weighted by Crippen LogP contribution is -2.16. The fourth-order valence-corrected chi connectivity index (χ4v) is 3.11. The molecule has 0 amide bonds. The number of hydrogen-bond acceptors (Lipinski definition) is 3. The van der Waals surface area contributed by atoms with E-state index in [9.17, 15) is 10.1 Å². The van der Waals surface area contributed by atoms with Gasteiger partial charge in [0.2, 0.25) is 0 Å². The van der Waals surface area contributed by atoms with Crippen molar-refractivity contribution >= 4 is 11.3 Å². The molecule has 3 rings (SSSR count). The topological polar surface area (TPSA) is 52.4 Å². The van der Waals surface area contributed by atoms with Crippen LogP contribution in [-0.2, 0) is 11.2 Å². The molecule has 2 unspecified atom stereocenters. The lowest BCUT2D eigenvalue weighted by Gasteiger charge is -2.20. The first-order valence-electron chi connectivity index (χ1n) is 7.70. The maximum absolute atomic E-state index is 10.8. The molecule has 0 radical (unpaired) electrons. The lowest BCUT2D eigenvalue weighted by atomic mass is 9.82. The summed E-state index contributed by atoms with van der Waals surface area (Å²) in [5.74, 6) is 0.636. The van der Waals surface area contributed by atoms with Crippen molar-refractivity contribution in [3.63, 3.8) is 0 Å². The van der Waals surface area contributed by atoms with Crippen LogP contribution in [0.3, 0.4) is 0 Å². The molecule has 0 spiro atoms. The van der Waals surface area contributed by atoms with Crippen LogP contribution in [-0.4, -0.2) is 18.1 Å². The Labute approximate surface area is 135 Å². The van der Waals surface area contributed by atoms with E-state index in [2.05, 4.69) is 18.7 Å². The maximum Gasteiger partial charge on any atom is 0.269 e. The molecule has 1 fully saturated rings. The summed E-state index contributed by atoms with van der Waals surface area (Å²) in [6, 6.07) is 17.0. The summed E-state index contributed by atoms with van der Waals surface area (Å²) in [5, 5.41) is 10.8. The average molecular weight is 309 g/mol. The van der Waals surface area contributed by atoms with E-state index < -0.39 is 0 Å². The highest BCUT2D eigenvalue weighted by atomic mass is 16.6. The molecule has 1 heterocycles. The minimum Gasteiger partial charge on any atom is -0.380 e. The number of ether oxygens (including phenoxy) is 1. The quantitative estimate of drug-likeness (QED) is 0.617. The summed E-state index contributed by atoms with van der Waals surface area (Å²) < 4.78 is 5.68. The molecule has 0 N–H and O–H groups in total. The van der Waals surface area contributed by atoms with Gasteiger partial charge in [-0.25, -0.2) is 0 Å². The highest BCUT2D eigenvalue weighted by molar-refractivity contribution is 5.66. The fraction of sp³-hybridized carbons (Fsp3) is 0.263. The third-order valence-electron chi connectivity index (χ3n) is 4.44. The molecule has 23 heavy (non-hydrogen) atoms. The lowest BCUT2D eigenvalue weighted by molar-refractivity contribution is -0.384. The van der Waals surface area contributed by atoms with E-state index in [4.69, 9.17) is 4.74 Å². The monoisotopic (exact) mass is 309 g/mol. The van der Waals surface area contributed by atoms with E-state index in [0.717, 1.165) is 24.2 Å². The highest BCUT2D eigenvalue weighted by Gasteiger charge is 2.31. The minimum absolute atomic E-state index is 0.102. The van der Waals surface area contributed by atoms with Gasteiger partial charge >= 0.3 is 0 Å². The first-order valence-corrected chi connectivity index (χ1v) is 7.70. The molecule has 1 saturated heterocycles. The number of rotatable bonds is 5. The van der Waals surface area contributed by atoms with Crippen molar-refractivity contribution in [2.75, 3.05) is 13.2 Å². The zero-order chi connectivity index (χ0) is 16.2. The highest BCUT2D eigenvalue weighted by Crippen LogP contribution is 2.35. The Morgan fingerprint density at radius 2 is 1.83 bits per heavy atom. The van der Waals surface area contributed by atoms with Gasteiger partial charge in [0.15, 0.2) is 0 Å². The van der Waals surface area contributed by atoms with Gasteiger partial charge in [0.1, 0.15) is 0 Å². The van der Waals surface area contributed by atoms with E-state index in [0.29, 0.717) is 12.5 Å². The fourth-order valence-electron chi connectivity index (χ4n) is 3.11. The Balaban J connectivity index is 1.74. The van der Waals surface area contributed by atoms with Gasteiger partial charge in [-0.1, -0.05) is 36.9 Å². The van der Waals surface area contributed by atoms with Crippen molar-refractivity contribution in [2.24, 2.45) is 11.8 Å². The Bertz CT molecular complexity index is 694. The Morgan fingerprint density at radius 3 is 2.48 bits per heavy atom. The van der Waals surface area contributed by atoms with Crippen LogP contribution in [0, 0.1) is 22.0 Å². The molecule has 2 atom stereocenters. The van der Waals surface area contributed by atoms with E-state index in [-0.39, 0.29) is 16.5 Å². The zero-order valence-electron chi connectivity index (χ0n) is 12.9. The molecular weight excluding hydrogens is 290 g/mol. The van der Waals surface area contributed by atoms with Crippen molar-refractivity contribution in [3.8, 4) is 0 Å². The van der Waals surface area contributed by atoms with Crippen molar-refractivity contribution in [1.29, 1.82) is 0 Å². The number of hydrogen-bond donors (Lipinski definition) is 0. The van der Waals surface area contributed by atoms with Gasteiger partial charge in [-0.2, -0.15) is 0 Å². The van der Waals surface area contributed by atoms with Crippen LogP contribution in [0.2, 0.25) is 0 Å². The molecule has 4 heteroatoms. The second kappa shape index (κ2) is 6.75. The largest absolute Gasteiger partial charge is 0.380 e. The zero-order valence-corrected chi connectivity index (χ0v) is 12.9. The second-order valence-electron chi connectivity index (χ2n) is 5.92. The Hall–Kier alpha value is -2.46. The van der Waals surface area contributed by atoms with Crippen LogP contribution in [0.5, 0.6) is 0 Å². The van der Waals surface area contributed by atoms with Crippen molar-refractivity contribution in [2.45, 2.75) is 6.42 Å². The second-order valence-corrected chi connectivity index (χ2v) is 5.92. The molecule has 118 valence electrons. The molecule has 4 nitrogen and oxygen atoms in total. The SMILES string of the molecule is C=C(c1ccc([N+](=O)[O-])cc1)C1COCC1Cc1ccccc1. The third kappa shape index (κ3) is 3.48. The smallest absolute Gasteiger partial charge is 0.269 e. The predicted octanol–water partition coefficient (Wildman–Crippen LogP) is 4.11. The van der Waals surface area contributed by atoms with Gasteiger partial charge in [-0.05, 0) is 41.2 Å². The van der Waals surface area contributed by atoms with Gasteiger partial charge in [0.05, 0.1) is 18.1 Å². The van der Waals surface area contributed by atoms with Crippen LogP contribution in [0.4, 0.5) is 5.69 Å². The van der Waals surface area contributed by atoms with Gasteiger partial charge < -0.3 is 4.74 Å². The molecule has 1 aliphatic rings. The van der Waals surface area contributed by atoms with Crippen molar-refractivity contribution in [1.82, 2.24) is 0 Å². The minimum atomic E-state index is -0.385. The Morgan fingerprint density at radius 1 is 1.13 bits per heavy atom. The van der Waals surface area contributed by atoms with E-state index in [1.165, 1.54) is 17.7 Å². The maximum atomic E-state index is 10.8. The molecule has 0 bridgehead atoms.